The van der Waals surface area contributed by atoms with E-state index < -0.39 is 15.9 Å². The Hall–Kier alpha value is -0.780. The van der Waals surface area contributed by atoms with Gasteiger partial charge in [0.1, 0.15) is 0 Å². The zero-order chi connectivity index (χ0) is 10.6. The van der Waals surface area contributed by atoms with Gasteiger partial charge in [0, 0.05) is 6.04 Å². The minimum atomic E-state index is -2.96. The molecule has 0 spiro atoms. The highest BCUT2D eigenvalue weighted by molar-refractivity contribution is 7.91. The molecule has 1 amide bonds. The Labute approximate surface area is 83.7 Å². The van der Waals surface area contributed by atoms with E-state index in [2.05, 4.69) is 10.1 Å². The highest BCUT2D eigenvalue weighted by atomic mass is 32.2. The Balaban J connectivity index is 2.42. The molecule has 1 atom stereocenters. The van der Waals surface area contributed by atoms with Crippen LogP contribution in [0.3, 0.4) is 0 Å². The minimum absolute atomic E-state index is 0.0335. The Bertz CT molecular complexity index is 298. The normalized spacial score (nSPS) is 25.4. The molecular weight excluding hydrogens is 206 g/mol. The first-order valence-corrected chi connectivity index (χ1v) is 6.49. The second kappa shape index (κ2) is 4.63. The summed E-state index contributed by atoms with van der Waals surface area (Å²) in [5, 5.41) is 2.54. The molecule has 0 bridgehead atoms. The van der Waals surface area contributed by atoms with Gasteiger partial charge in [0.15, 0.2) is 9.84 Å². The number of alkyl carbamates (subject to hydrolysis) is 1. The van der Waals surface area contributed by atoms with Crippen molar-refractivity contribution in [1.82, 2.24) is 5.32 Å². The summed E-state index contributed by atoms with van der Waals surface area (Å²) < 4.78 is 27.1. The SMILES string of the molecule is CCOC(=O)NC1CCCS(=O)(=O)C1. The van der Waals surface area contributed by atoms with E-state index in [0.29, 0.717) is 19.4 Å². The van der Waals surface area contributed by atoms with Crippen molar-refractivity contribution in [2.45, 2.75) is 25.8 Å². The molecule has 5 nitrogen and oxygen atoms in total. The molecule has 1 saturated heterocycles. The summed E-state index contributed by atoms with van der Waals surface area (Å²) in [6.45, 7) is 2.00. The van der Waals surface area contributed by atoms with Gasteiger partial charge in [-0.15, -0.1) is 0 Å². The summed E-state index contributed by atoms with van der Waals surface area (Å²) >= 11 is 0. The highest BCUT2D eigenvalue weighted by Gasteiger charge is 2.25. The van der Waals surface area contributed by atoms with Gasteiger partial charge < -0.3 is 10.1 Å². The van der Waals surface area contributed by atoms with E-state index >= 15 is 0 Å². The Morgan fingerprint density at radius 2 is 2.29 bits per heavy atom. The van der Waals surface area contributed by atoms with Crippen molar-refractivity contribution in [2.24, 2.45) is 0 Å². The van der Waals surface area contributed by atoms with Gasteiger partial charge in [-0.3, -0.25) is 0 Å². The highest BCUT2D eigenvalue weighted by Crippen LogP contribution is 2.11. The molecule has 0 aromatic heterocycles. The Morgan fingerprint density at radius 3 is 2.86 bits per heavy atom. The van der Waals surface area contributed by atoms with E-state index in [4.69, 9.17) is 0 Å². The molecule has 6 heteroatoms. The van der Waals surface area contributed by atoms with E-state index in [1.807, 2.05) is 0 Å². The van der Waals surface area contributed by atoms with Crippen molar-refractivity contribution in [3.05, 3.63) is 0 Å². The van der Waals surface area contributed by atoms with Crippen LogP contribution in [0.15, 0.2) is 0 Å². The number of carbonyl (C=O) groups is 1. The largest absolute Gasteiger partial charge is 0.450 e. The van der Waals surface area contributed by atoms with Crippen LogP contribution < -0.4 is 5.32 Å². The van der Waals surface area contributed by atoms with E-state index in [9.17, 15) is 13.2 Å². The molecule has 14 heavy (non-hydrogen) atoms. The summed E-state index contributed by atoms with van der Waals surface area (Å²) in [5.41, 5.74) is 0. The van der Waals surface area contributed by atoms with Crippen LogP contribution >= 0.6 is 0 Å². The topological polar surface area (TPSA) is 72.5 Å². The van der Waals surface area contributed by atoms with Crippen LogP contribution in [0.1, 0.15) is 19.8 Å². The van der Waals surface area contributed by atoms with E-state index in [-0.39, 0.29) is 17.5 Å². The number of sulfone groups is 1. The maximum absolute atomic E-state index is 11.2. The number of hydrogen-bond acceptors (Lipinski definition) is 4. The van der Waals surface area contributed by atoms with Crippen molar-refractivity contribution in [3.63, 3.8) is 0 Å². The fourth-order valence-electron chi connectivity index (χ4n) is 1.48. The van der Waals surface area contributed by atoms with Gasteiger partial charge in [0.25, 0.3) is 0 Å². The predicted octanol–water partition coefficient (Wildman–Crippen LogP) is 0.310. The van der Waals surface area contributed by atoms with E-state index in [0.717, 1.165) is 0 Å². The molecular formula is C8H15NO4S. The number of rotatable bonds is 2. The third-order valence-corrected chi connectivity index (χ3v) is 3.88. The standard InChI is InChI=1S/C8H15NO4S/c1-2-13-8(10)9-7-4-3-5-14(11,12)6-7/h7H,2-6H2,1H3,(H,9,10). The number of nitrogens with one attached hydrogen (secondary N) is 1. The molecule has 0 aromatic carbocycles. The lowest BCUT2D eigenvalue weighted by Crippen LogP contribution is -2.43. The third kappa shape index (κ3) is 3.53. The van der Waals surface area contributed by atoms with Crippen LogP contribution in [0.25, 0.3) is 0 Å². The van der Waals surface area contributed by atoms with E-state index in [1.165, 1.54) is 0 Å². The number of hydrogen-bond donors (Lipinski definition) is 1. The van der Waals surface area contributed by atoms with Crippen molar-refractivity contribution in [2.75, 3.05) is 18.1 Å². The van der Waals surface area contributed by atoms with Gasteiger partial charge in [-0.05, 0) is 19.8 Å². The zero-order valence-corrected chi connectivity index (χ0v) is 8.97. The molecule has 1 fully saturated rings. The van der Waals surface area contributed by atoms with Crippen molar-refractivity contribution >= 4 is 15.9 Å². The summed E-state index contributed by atoms with van der Waals surface area (Å²) in [6, 6.07) is -0.284. The summed E-state index contributed by atoms with van der Waals surface area (Å²) in [7, 11) is -2.96. The third-order valence-electron chi connectivity index (χ3n) is 2.06. The maximum Gasteiger partial charge on any atom is 0.407 e. The summed E-state index contributed by atoms with van der Waals surface area (Å²) in [5.74, 6) is 0.264. The quantitative estimate of drug-likeness (QED) is 0.728. The van der Waals surface area contributed by atoms with Gasteiger partial charge in [-0.1, -0.05) is 0 Å². The van der Waals surface area contributed by atoms with Crippen LogP contribution in [0.5, 0.6) is 0 Å². The molecule has 0 aliphatic carbocycles. The molecule has 82 valence electrons. The maximum atomic E-state index is 11.2. The van der Waals surface area contributed by atoms with Gasteiger partial charge in [-0.2, -0.15) is 0 Å². The number of carbonyl (C=O) groups excluding carboxylic acids is 1. The molecule has 1 aliphatic rings. The summed E-state index contributed by atoms with van der Waals surface area (Å²) in [6.07, 6.45) is 0.784. The van der Waals surface area contributed by atoms with Crippen molar-refractivity contribution in [1.29, 1.82) is 0 Å². The molecule has 1 unspecified atom stereocenters. The molecule has 1 aliphatic heterocycles. The molecule has 0 aromatic rings. The van der Waals surface area contributed by atoms with Gasteiger partial charge >= 0.3 is 6.09 Å². The second-order valence-corrected chi connectivity index (χ2v) is 5.55. The smallest absolute Gasteiger partial charge is 0.407 e. The Morgan fingerprint density at radius 1 is 1.57 bits per heavy atom. The lowest BCUT2D eigenvalue weighted by molar-refractivity contribution is 0.148. The fraction of sp³-hybridized carbons (Fsp3) is 0.875. The van der Waals surface area contributed by atoms with Crippen molar-refractivity contribution in [3.8, 4) is 0 Å². The monoisotopic (exact) mass is 221 g/mol. The molecule has 0 saturated carbocycles. The first kappa shape index (κ1) is 11.3. The molecule has 0 radical (unpaired) electrons. The lowest BCUT2D eigenvalue weighted by Gasteiger charge is -2.22. The average Bonchev–Trinajstić information content (AvgIpc) is 2.02. The van der Waals surface area contributed by atoms with Gasteiger partial charge in [0.2, 0.25) is 0 Å². The predicted molar refractivity (Wildman–Crippen MR) is 51.8 cm³/mol. The van der Waals surface area contributed by atoms with E-state index in [1.54, 1.807) is 6.92 Å². The van der Waals surface area contributed by atoms with Crippen LogP contribution in [0.4, 0.5) is 4.79 Å². The number of amides is 1. The van der Waals surface area contributed by atoms with Gasteiger partial charge in [-0.25, -0.2) is 13.2 Å². The first-order valence-electron chi connectivity index (χ1n) is 4.67. The second-order valence-electron chi connectivity index (χ2n) is 3.32. The molecule has 1 N–H and O–H groups in total. The fourth-order valence-corrected chi connectivity index (χ4v) is 3.11. The molecule has 1 heterocycles. The Kier molecular flexibility index (Phi) is 3.74. The van der Waals surface area contributed by atoms with Crippen LogP contribution in [-0.2, 0) is 14.6 Å². The first-order chi connectivity index (χ1) is 6.53. The van der Waals surface area contributed by atoms with Crippen LogP contribution in [-0.4, -0.2) is 38.7 Å². The summed E-state index contributed by atoms with van der Waals surface area (Å²) in [4.78, 5) is 11.0. The average molecular weight is 221 g/mol. The van der Waals surface area contributed by atoms with Crippen LogP contribution in [0, 0.1) is 0 Å². The minimum Gasteiger partial charge on any atom is -0.450 e. The number of ether oxygens (including phenoxy) is 1. The van der Waals surface area contributed by atoms with Crippen molar-refractivity contribution < 1.29 is 17.9 Å². The lowest BCUT2D eigenvalue weighted by atomic mass is 10.2. The van der Waals surface area contributed by atoms with Crippen LogP contribution in [0.2, 0.25) is 0 Å². The van der Waals surface area contributed by atoms with Gasteiger partial charge in [0.05, 0.1) is 18.1 Å². The molecule has 1 rings (SSSR count). The zero-order valence-electron chi connectivity index (χ0n) is 8.15.